The zero-order valence-electron chi connectivity index (χ0n) is 19.0. The van der Waals surface area contributed by atoms with E-state index in [0.717, 1.165) is 19.3 Å². The van der Waals surface area contributed by atoms with Crippen LogP contribution < -0.4 is 10.6 Å². The second-order valence-corrected chi connectivity index (χ2v) is 9.72. The first-order valence-electron chi connectivity index (χ1n) is 12.1. The highest BCUT2D eigenvalue weighted by Crippen LogP contribution is 2.44. The largest absolute Gasteiger partial charge is 0.481 e. The molecule has 0 spiro atoms. The van der Waals surface area contributed by atoms with Crippen LogP contribution in [-0.4, -0.2) is 42.3 Å². The highest BCUT2D eigenvalue weighted by atomic mass is 16.5. The van der Waals surface area contributed by atoms with Crippen LogP contribution >= 0.6 is 0 Å². The fourth-order valence-electron chi connectivity index (χ4n) is 5.51. The number of aliphatic carboxylic acids is 1. The number of nitrogens with one attached hydrogen (secondary N) is 2. The van der Waals surface area contributed by atoms with Crippen LogP contribution in [-0.2, 0) is 14.3 Å². The first-order valence-corrected chi connectivity index (χ1v) is 12.1. The van der Waals surface area contributed by atoms with Crippen molar-refractivity contribution in [3.8, 4) is 11.1 Å². The molecule has 2 aromatic carbocycles. The van der Waals surface area contributed by atoms with Gasteiger partial charge in [-0.1, -0.05) is 55.0 Å². The summed E-state index contributed by atoms with van der Waals surface area (Å²) in [6.45, 7) is 0.665. The van der Waals surface area contributed by atoms with Crippen molar-refractivity contribution in [1.82, 2.24) is 10.6 Å². The van der Waals surface area contributed by atoms with Crippen LogP contribution in [0.5, 0.6) is 0 Å². The molecule has 5 rings (SSSR count). The summed E-state index contributed by atoms with van der Waals surface area (Å²) >= 11 is 0. The summed E-state index contributed by atoms with van der Waals surface area (Å²) in [5.41, 5.74) is 4.71. The van der Waals surface area contributed by atoms with Gasteiger partial charge in [0.15, 0.2) is 0 Å². The molecule has 0 aliphatic heterocycles. The average molecular weight is 463 g/mol. The van der Waals surface area contributed by atoms with Crippen molar-refractivity contribution in [1.29, 1.82) is 0 Å². The quantitative estimate of drug-likeness (QED) is 0.579. The molecule has 0 bridgehead atoms. The van der Waals surface area contributed by atoms with E-state index in [4.69, 9.17) is 4.74 Å². The van der Waals surface area contributed by atoms with E-state index in [-0.39, 0.29) is 42.2 Å². The van der Waals surface area contributed by atoms with Crippen LogP contribution in [0, 0.1) is 17.8 Å². The molecule has 2 aromatic rings. The minimum Gasteiger partial charge on any atom is -0.481 e. The molecule has 34 heavy (non-hydrogen) atoms. The number of rotatable bonds is 7. The standard InChI is InChI=1S/C27H30N2O5/c30-25(29-18-7-5-6-16(12-18)26(31)32)23-13-17(23)14-28-27(33)34-15-24-21-10-3-1-8-19(21)20-9-2-4-11-22(20)24/h1-4,8-11,16-18,23-24H,5-7,12-15H2,(H,28,33)(H,29,30)(H,31,32)/t16-,17?,18+,23?/m0/s1. The molecule has 3 N–H and O–H groups in total. The normalized spacial score (nSPS) is 25.1. The third-order valence-electron chi connectivity index (χ3n) is 7.48. The van der Waals surface area contributed by atoms with Crippen molar-refractivity contribution in [2.45, 2.75) is 44.1 Å². The fourth-order valence-corrected chi connectivity index (χ4v) is 5.51. The minimum atomic E-state index is -0.782. The second-order valence-electron chi connectivity index (χ2n) is 9.72. The highest BCUT2D eigenvalue weighted by molar-refractivity contribution is 5.82. The molecule has 7 heteroatoms. The molecule has 4 atom stereocenters. The van der Waals surface area contributed by atoms with Gasteiger partial charge in [-0.25, -0.2) is 4.79 Å². The van der Waals surface area contributed by atoms with Crippen molar-refractivity contribution in [2.24, 2.45) is 17.8 Å². The Labute approximate surface area is 198 Å². The van der Waals surface area contributed by atoms with Gasteiger partial charge in [-0.3, -0.25) is 9.59 Å². The van der Waals surface area contributed by atoms with Gasteiger partial charge in [0, 0.05) is 24.4 Å². The molecule has 3 aliphatic rings. The Morgan fingerprint density at radius 3 is 2.29 bits per heavy atom. The van der Waals surface area contributed by atoms with Crippen LogP contribution in [0.4, 0.5) is 4.79 Å². The Hall–Kier alpha value is -3.35. The summed E-state index contributed by atoms with van der Waals surface area (Å²) in [7, 11) is 0. The predicted octanol–water partition coefficient (Wildman–Crippen LogP) is 3.92. The molecule has 2 amide bonds. The van der Waals surface area contributed by atoms with E-state index < -0.39 is 12.1 Å². The number of carbonyl (C=O) groups is 3. The second kappa shape index (κ2) is 9.49. The zero-order chi connectivity index (χ0) is 23.7. The lowest BCUT2D eigenvalue weighted by molar-refractivity contribution is -0.143. The zero-order valence-corrected chi connectivity index (χ0v) is 19.0. The average Bonchev–Trinajstić information content (AvgIpc) is 3.57. The monoisotopic (exact) mass is 462 g/mol. The maximum absolute atomic E-state index is 12.5. The Morgan fingerprint density at radius 2 is 1.62 bits per heavy atom. The first-order chi connectivity index (χ1) is 16.5. The molecule has 3 aliphatic carbocycles. The fraction of sp³-hybridized carbons (Fsp3) is 0.444. The smallest absolute Gasteiger partial charge is 0.407 e. The summed E-state index contributed by atoms with van der Waals surface area (Å²) in [5.74, 6) is -1.20. The van der Waals surface area contributed by atoms with E-state index in [1.165, 1.54) is 22.3 Å². The molecular weight excluding hydrogens is 432 g/mol. The molecule has 7 nitrogen and oxygen atoms in total. The number of hydrogen-bond acceptors (Lipinski definition) is 4. The number of ether oxygens (including phenoxy) is 1. The summed E-state index contributed by atoms with van der Waals surface area (Å²) < 4.78 is 5.56. The van der Waals surface area contributed by atoms with Crippen molar-refractivity contribution in [3.05, 3.63) is 59.7 Å². The van der Waals surface area contributed by atoms with Gasteiger partial charge in [0.1, 0.15) is 6.61 Å². The van der Waals surface area contributed by atoms with Crippen molar-refractivity contribution in [3.63, 3.8) is 0 Å². The lowest BCUT2D eigenvalue weighted by Gasteiger charge is -2.27. The summed E-state index contributed by atoms with van der Waals surface area (Å²) in [6, 6.07) is 16.3. The van der Waals surface area contributed by atoms with Crippen LogP contribution in [0.3, 0.4) is 0 Å². The van der Waals surface area contributed by atoms with Crippen LogP contribution in [0.15, 0.2) is 48.5 Å². The van der Waals surface area contributed by atoms with E-state index in [0.29, 0.717) is 19.4 Å². The van der Waals surface area contributed by atoms with Crippen molar-refractivity contribution < 1.29 is 24.2 Å². The number of benzene rings is 2. The third kappa shape index (κ3) is 4.65. The molecule has 0 radical (unpaired) electrons. The number of carbonyl (C=O) groups excluding carboxylic acids is 2. The van der Waals surface area contributed by atoms with Crippen LogP contribution in [0.2, 0.25) is 0 Å². The third-order valence-corrected chi connectivity index (χ3v) is 7.48. The van der Waals surface area contributed by atoms with Gasteiger partial charge in [0.05, 0.1) is 5.92 Å². The summed E-state index contributed by atoms with van der Waals surface area (Å²) in [4.78, 5) is 36.1. The Balaban J connectivity index is 1.07. The maximum atomic E-state index is 12.5. The van der Waals surface area contributed by atoms with Gasteiger partial charge < -0.3 is 20.5 Å². The lowest BCUT2D eigenvalue weighted by atomic mass is 9.85. The van der Waals surface area contributed by atoms with Crippen molar-refractivity contribution >= 4 is 18.0 Å². The number of carboxylic acids is 1. The number of amides is 2. The summed E-state index contributed by atoms with van der Waals surface area (Å²) in [5, 5.41) is 15.0. The van der Waals surface area contributed by atoms with Gasteiger partial charge in [-0.05, 0) is 53.9 Å². The molecule has 0 saturated heterocycles. The van der Waals surface area contributed by atoms with E-state index >= 15 is 0 Å². The number of carboxylic acid groups (broad SMARTS) is 1. The van der Waals surface area contributed by atoms with E-state index in [9.17, 15) is 19.5 Å². The molecule has 0 aromatic heterocycles. The molecule has 2 fully saturated rings. The molecule has 0 heterocycles. The van der Waals surface area contributed by atoms with Gasteiger partial charge in [-0.2, -0.15) is 0 Å². The van der Waals surface area contributed by atoms with Gasteiger partial charge in [-0.15, -0.1) is 0 Å². The molecule has 2 unspecified atom stereocenters. The van der Waals surface area contributed by atoms with E-state index in [1.54, 1.807) is 0 Å². The molecular formula is C27H30N2O5. The van der Waals surface area contributed by atoms with E-state index in [2.05, 4.69) is 34.9 Å². The van der Waals surface area contributed by atoms with Gasteiger partial charge >= 0.3 is 12.1 Å². The van der Waals surface area contributed by atoms with E-state index in [1.807, 2.05) is 24.3 Å². The van der Waals surface area contributed by atoms with Crippen LogP contribution in [0.25, 0.3) is 11.1 Å². The van der Waals surface area contributed by atoms with Gasteiger partial charge in [0.25, 0.3) is 0 Å². The van der Waals surface area contributed by atoms with Crippen molar-refractivity contribution in [2.75, 3.05) is 13.2 Å². The molecule has 2 saturated carbocycles. The Bertz CT molecular complexity index is 1050. The topological polar surface area (TPSA) is 105 Å². The first kappa shape index (κ1) is 22.4. The highest BCUT2D eigenvalue weighted by Gasteiger charge is 2.44. The molecule has 178 valence electrons. The SMILES string of the molecule is O=C(NCC1CC1C(=O)N[C@@H]1CCC[C@H](C(=O)O)C1)OCC1c2ccccc2-c2ccccc21. The van der Waals surface area contributed by atoms with Gasteiger partial charge in [0.2, 0.25) is 5.91 Å². The predicted molar refractivity (Wildman–Crippen MR) is 126 cm³/mol. The Morgan fingerprint density at radius 1 is 0.941 bits per heavy atom. The lowest BCUT2D eigenvalue weighted by Crippen LogP contribution is -2.41. The van der Waals surface area contributed by atoms with Crippen LogP contribution in [0.1, 0.15) is 49.1 Å². The maximum Gasteiger partial charge on any atom is 0.407 e. The number of fused-ring (bicyclic) bond motifs is 3. The Kier molecular flexibility index (Phi) is 6.26. The number of hydrogen-bond donors (Lipinski definition) is 3. The number of alkyl carbamates (subject to hydrolysis) is 1. The minimum absolute atomic E-state index is 0.0164. The summed E-state index contributed by atoms with van der Waals surface area (Å²) in [6.07, 6.45) is 3.08.